The molecule has 4 heteroatoms. The first kappa shape index (κ1) is 17.2. The minimum Gasteiger partial charge on any atom is -0.480 e. The first-order valence-corrected chi connectivity index (χ1v) is 7.84. The molecule has 0 saturated carbocycles. The lowest BCUT2D eigenvalue weighted by molar-refractivity contribution is -0.131. The molecule has 0 aliphatic carbocycles. The molecule has 0 spiro atoms. The molecule has 23 heavy (non-hydrogen) atoms. The molecule has 2 aromatic rings. The van der Waals surface area contributed by atoms with E-state index in [2.05, 4.69) is 0 Å². The van der Waals surface area contributed by atoms with Crippen LogP contribution in [0.1, 0.15) is 43.1 Å². The third kappa shape index (κ3) is 4.20. The standard InChI is InChI=1S/C19H19ClO3/c1-4-17(21)19(2,3)23-16-11-7-14(8-12-16)18(22)13-5-9-15(20)10-6-13/h5-12H,4H2,1-3H3. The predicted octanol–water partition coefficient (Wildman–Crippen LogP) is 4.71. The molecule has 2 aromatic carbocycles. The van der Waals surface area contributed by atoms with Gasteiger partial charge in [0.2, 0.25) is 0 Å². The van der Waals surface area contributed by atoms with Gasteiger partial charge in [0, 0.05) is 22.6 Å². The van der Waals surface area contributed by atoms with E-state index in [1.807, 2.05) is 0 Å². The Labute approximate surface area is 141 Å². The minimum absolute atomic E-state index is 0.0267. The van der Waals surface area contributed by atoms with Gasteiger partial charge in [-0.25, -0.2) is 0 Å². The highest BCUT2D eigenvalue weighted by Crippen LogP contribution is 2.22. The predicted molar refractivity (Wildman–Crippen MR) is 91.3 cm³/mol. The molecule has 0 atom stereocenters. The second-order valence-corrected chi connectivity index (χ2v) is 6.19. The van der Waals surface area contributed by atoms with Gasteiger partial charge in [-0.05, 0) is 62.4 Å². The van der Waals surface area contributed by atoms with Gasteiger partial charge in [-0.15, -0.1) is 0 Å². The molecule has 2 rings (SSSR count). The van der Waals surface area contributed by atoms with Crippen molar-refractivity contribution in [2.75, 3.05) is 0 Å². The zero-order valence-corrected chi connectivity index (χ0v) is 14.2. The highest BCUT2D eigenvalue weighted by Gasteiger charge is 2.27. The van der Waals surface area contributed by atoms with E-state index in [0.29, 0.717) is 28.3 Å². The molecule has 0 unspecified atom stereocenters. The van der Waals surface area contributed by atoms with Crippen molar-refractivity contribution in [3.8, 4) is 5.75 Å². The lowest BCUT2D eigenvalue weighted by atomic mass is 10.0. The van der Waals surface area contributed by atoms with Crippen molar-refractivity contribution in [2.45, 2.75) is 32.8 Å². The fourth-order valence-electron chi connectivity index (χ4n) is 2.22. The largest absolute Gasteiger partial charge is 0.480 e. The minimum atomic E-state index is -0.879. The summed E-state index contributed by atoms with van der Waals surface area (Å²) in [6, 6.07) is 13.5. The summed E-state index contributed by atoms with van der Waals surface area (Å²) in [7, 11) is 0. The Kier molecular flexibility index (Phi) is 5.22. The van der Waals surface area contributed by atoms with Crippen molar-refractivity contribution in [3.05, 3.63) is 64.7 Å². The number of ether oxygens (including phenoxy) is 1. The number of Topliss-reactive ketones (excluding diaryl/α,β-unsaturated/α-hetero) is 1. The van der Waals surface area contributed by atoms with Gasteiger partial charge in [0.05, 0.1) is 0 Å². The molecule has 120 valence electrons. The molecule has 0 N–H and O–H groups in total. The summed E-state index contributed by atoms with van der Waals surface area (Å²) in [5, 5.41) is 0.591. The van der Waals surface area contributed by atoms with E-state index in [9.17, 15) is 9.59 Å². The van der Waals surface area contributed by atoms with E-state index < -0.39 is 5.60 Å². The molecule has 0 fully saturated rings. The van der Waals surface area contributed by atoms with Crippen LogP contribution < -0.4 is 4.74 Å². The number of carbonyl (C=O) groups excluding carboxylic acids is 2. The molecular formula is C19H19ClO3. The lowest BCUT2D eigenvalue weighted by Crippen LogP contribution is -2.37. The molecule has 0 amide bonds. The van der Waals surface area contributed by atoms with Crippen LogP contribution in [0.3, 0.4) is 0 Å². The maximum Gasteiger partial charge on any atom is 0.193 e. The normalized spacial score (nSPS) is 11.1. The van der Waals surface area contributed by atoms with Crippen LogP contribution in [-0.4, -0.2) is 17.2 Å². The Hall–Kier alpha value is -2.13. The molecule has 0 heterocycles. The van der Waals surface area contributed by atoms with Crippen LogP contribution in [-0.2, 0) is 4.79 Å². The fourth-order valence-corrected chi connectivity index (χ4v) is 2.35. The lowest BCUT2D eigenvalue weighted by Gasteiger charge is -2.24. The number of hydrogen-bond donors (Lipinski definition) is 0. The number of hydrogen-bond acceptors (Lipinski definition) is 3. The molecule has 3 nitrogen and oxygen atoms in total. The van der Waals surface area contributed by atoms with Gasteiger partial charge in [0.15, 0.2) is 17.2 Å². The summed E-state index contributed by atoms with van der Waals surface area (Å²) >= 11 is 5.83. The smallest absolute Gasteiger partial charge is 0.193 e. The Morgan fingerprint density at radius 2 is 1.43 bits per heavy atom. The quantitative estimate of drug-likeness (QED) is 0.720. The monoisotopic (exact) mass is 330 g/mol. The van der Waals surface area contributed by atoms with E-state index in [4.69, 9.17) is 16.3 Å². The summed E-state index contributed by atoms with van der Waals surface area (Å²) in [5.74, 6) is 0.500. The van der Waals surface area contributed by atoms with Crippen molar-refractivity contribution in [2.24, 2.45) is 0 Å². The van der Waals surface area contributed by atoms with Crippen molar-refractivity contribution in [1.29, 1.82) is 0 Å². The van der Waals surface area contributed by atoms with Crippen LogP contribution in [0.25, 0.3) is 0 Å². The molecule has 0 aliphatic heterocycles. The van der Waals surface area contributed by atoms with Gasteiger partial charge in [-0.3, -0.25) is 9.59 Å². The van der Waals surface area contributed by atoms with Crippen LogP contribution >= 0.6 is 11.6 Å². The van der Waals surface area contributed by atoms with Gasteiger partial charge in [-0.1, -0.05) is 18.5 Å². The number of halogens is 1. The molecule has 0 saturated heterocycles. The van der Waals surface area contributed by atoms with Crippen LogP contribution in [0.5, 0.6) is 5.75 Å². The second kappa shape index (κ2) is 6.97. The van der Waals surface area contributed by atoms with E-state index in [1.165, 1.54) is 0 Å². The summed E-state index contributed by atoms with van der Waals surface area (Å²) in [4.78, 5) is 24.2. The second-order valence-electron chi connectivity index (χ2n) is 5.75. The average Bonchev–Trinajstić information content (AvgIpc) is 2.54. The van der Waals surface area contributed by atoms with Gasteiger partial charge in [0.25, 0.3) is 0 Å². The van der Waals surface area contributed by atoms with Gasteiger partial charge in [0.1, 0.15) is 5.75 Å². The van der Waals surface area contributed by atoms with Gasteiger partial charge in [-0.2, -0.15) is 0 Å². The van der Waals surface area contributed by atoms with Gasteiger partial charge < -0.3 is 4.74 Å². The van der Waals surface area contributed by atoms with E-state index in [1.54, 1.807) is 69.3 Å². The summed E-state index contributed by atoms with van der Waals surface area (Å²) in [5.41, 5.74) is 0.250. The molecule has 0 bridgehead atoms. The zero-order chi connectivity index (χ0) is 17.0. The van der Waals surface area contributed by atoms with E-state index >= 15 is 0 Å². The van der Waals surface area contributed by atoms with Crippen molar-refractivity contribution >= 4 is 23.2 Å². The SMILES string of the molecule is CCC(=O)C(C)(C)Oc1ccc(C(=O)c2ccc(Cl)cc2)cc1. The maximum atomic E-state index is 12.4. The van der Waals surface area contributed by atoms with Crippen molar-refractivity contribution < 1.29 is 14.3 Å². The Morgan fingerprint density at radius 1 is 0.957 bits per heavy atom. The summed E-state index contributed by atoms with van der Waals surface area (Å²) in [6.07, 6.45) is 0.417. The third-order valence-electron chi connectivity index (χ3n) is 3.59. The van der Waals surface area contributed by atoms with Crippen LogP contribution in [0.4, 0.5) is 0 Å². The first-order chi connectivity index (χ1) is 10.8. The maximum absolute atomic E-state index is 12.4. The van der Waals surface area contributed by atoms with Crippen LogP contribution in [0.15, 0.2) is 48.5 Å². The third-order valence-corrected chi connectivity index (χ3v) is 3.84. The number of carbonyl (C=O) groups is 2. The Morgan fingerprint density at radius 3 is 1.91 bits per heavy atom. The molecule has 0 aromatic heterocycles. The molecule has 0 aliphatic rings. The topological polar surface area (TPSA) is 43.4 Å². The fraction of sp³-hybridized carbons (Fsp3) is 0.263. The first-order valence-electron chi connectivity index (χ1n) is 7.46. The number of ketones is 2. The summed E-state index contributed by atoms with van der Waals surface area (Å²) in [6.45, 7) is 5.29. The summed E-state index contributed by atoms with van der Waals surface area (Å²) < 4.78 is 5.73. The number of benzene rings is 2. The highest BCUT2D eigenvalue weighted by atomic mass is 35.5. The van der Waals surface area contributed by atoms with E-state index in [0.717, 1.165) is 0 Å². The highest BCUT2D eigenvalue weighted by molar-refractivity contribution is 6.30. The van der Waals surface area contributed by atoms with Gasteiger partial charge >= 0.3 is 0 Å². The average molecular weight is 331 g/mol. The van der Waals surface area contributed by atoms with Crippen LogP contribution in [0.2, 0.25) is 5.02 Å². The molecule has 0 radical (unpaired) electrons. The molecular weight excluding hydrogens is 312 g/mol. The van der Waals surface area contributed by atoms with Crippen molar-refractivity contribution in [3.63, 3.8) is 0 Å². The van der Waals surface area contributed by atoms with Crippen molar-refractivity contribution in [1.82, 2.24) is 0 Å². The number of rotatable bonds is 6. The van der Waals surface area contributed by atoms with E-state index in [-0.39, 0.29) is 11.6 Å². The zero-order valence-electron chi connectivity index (χ0n) is 13.4. The Balaban J connectivity index is 2.15. The Bertz CT molecular complexity index is 700. The van der Waals surface area contributed by atoms with Crippen LogP contribution in [0, 0.1) is 0 Å².